The van der Waals surface area contributed by atoms with Crippen LogP contribution < -0.4 is 0 Å². The van der Waals surface area contributed by atoms with Gasteiger partial charge in [-0.15, -0.1) is 5.10 Å². The van der Waals surface area contributed by atoms with E-state index in [0.717, 1.165) is 25.7 Å². The maximum Gasteiger partial charge on any atom is 0.341 e. The van der Waals surface area contributed by atoms with Crippen molar-refractivity contribution in [3.8, 4) is 0 Å². The number of esters is 1. The van der Waals surface area contributed by atoms with Gasteiger partial charge in [-0.3, -0.25) is 4.79 Å². The highest BCUT2D eigenvalue weighted by Gasteiger charge is 2.35. The van der Waals surface area contributed by atoms with Gasteiger partial charge in [0.2, 0.25) is 4.73 Å². The Bertz CT molecular complexity index is 626. The van der Waals surface area contributed by atoms with E-state index in [1.54, 1.807) is 6.08 Å². The maximum atomic E-state index is 12.3. The van der Waals surface area contributed by atoms with Gasteiger partial charge in [0, 0.05) is 5.92 Å². The fourth-order valence-electron chi connectivity index (χ4n) is 2.77. The molecule has 21 heavy (non-hydrogen) atoms. The lowest BCUT2D eigenvalue weighted by atomic mass is 9.83. The van der Waals surface area contributed by atoms with Crippen molar-refractivity contribution in [2.45, 2.75) is 38.3 Å². The Morgan fingerprint density at radius 3 is 2.86 bits per heavy atom. The number of Topliss-reactive ketones (excluding diaryl/α,β-unsaturated/α-hetero) is 1. The zero-order chi connectivity index (χ0) is 15.0. The first-order valence-corrected chi connectivity index (χ1v) is 8.35. The van der Waals surface area contributed by atoms with Crippen molar-refractivity contribution in [2.75, 3.05) is 0 Å². The largest absolute Gasteiger partial charge is 0.458 e. The molecule has 1 aliphatic heterocycles. The number of hydrogen-bond acceptors (Lipinski definition) is 5. The summed E-state index contributed by atoms with van der Waals surface area (Å²) in [5.41, 5.74) is 0.136. The first-order chi connectivity index (χ1) is 10.0. The van der Waals surface area contributed by atoms with Crippen molar-refractivity contribution in [3.05, 3.63) is 21.1 Å². The van der Waals surface area contributed by atoms with Crippen molar-refractivity contribution >= 4 is 43.6 Å². The third-order valence-electron chi connectivity index (χ3n) is 3.81. The van der Waals surface area contributed by atoms with Crippen molar-refractivity contribution in [2.24, 2.45) is 5.92 Å². The minimum Gasteiger partial charge on any atom is -0.458 e. The van der Waals surface area contributed by atoms with Gasteiger partial charge in [-0.2, -0.15) is 4.98 Å². The number of rotatable bonds is 3. The molecule has 0 spiro atoms. The summed E-state index contributed by atoms with van der Waals surface area (Å²) in [6.45, 7) is -0.0441. The topological polar surface area (TPSA) is 74.1 Å². The fourth-order valence-corrected chi connectivity index (χ4v) is 3.74. The standard InChI is InChI=1S/C13H13Br2N3O3/c14-12-16-13(15)18(17-12)6-9(19)8-5-7-3-1-2-4-10(7)21-11(8)20/h5,7,10H,1-4,6H2. The van der Waals surface area contributed by atoms with Gasteiger partial charge < -0.3 is 4.74 Å². The molecule has 0 amide bonds. The summed E-state index contributed by atoms with van der Waals surface area (Å²) in [6, 6.07) is 0. The SMILES string of the molecule is O=C(Cn1nc(Br)nc1Br)C1=CC2CCCCC2OC1=O. The summed E-state index contributed by atoms with van der Waals surface area (Å²) in [6.07, 6.45) is 5.76. The molecule has 3 rings (SSSR count). The quantitative estimate of drug-likeness (QED) is 0.556. The van der Waals surface area contributed by atoms with Crippen LogP contribution in [0.1, 0.15) is 25.7 Å². The molecule has 1 saturated carbocycles. The van der Waals surface area contributed by atoms with E-state index in [9.17, 15) is 9.59 Å². The van der Waals surface area contributed by atoms with Gasteiger partial charge in [-0.25, -0.2) is 9.48 Å². The molecule has 0 bridgehead atoms. The number of ketones is 1. The molecule has 2 aliphatic rings. The molecular formula is C13H13Br2N3O3. The van der Waals surface area contributed by atoms with E-state index < -0.39 is 5.97 Å². The fraction of sp³-hybridized carbons (Fsp3) is 0.538. The predicted octanol–water partition coefficient (Wildman–Crippen LogP) is 2.41. The van der Waals surface area contributed by atoms with Crippen LogP contribution in [0.3, 0.4) is 0 Å². The Morgan fingerprint density at radius 1 is 1.38 bits per heavy atom. The molecule has 0 radical (unpaired) electrons. The number of hydrogen-bond donors (Lipinski definition) is 0. The molecule has 2 heterocycles. The van der Waals surface area contributed by atoms with E-state index in [4.69, 9.17) is 4.74 Å². The summed E-state index contributed by atoms with van der Waals surface area (Å²) in [5.74, 6) is -0.651. The summed E-state index contributed by atoms with van der Waals surface area (Å²) >= 11 is 6.35. The summed E-state index contributed by atoms with van der Waals surface area (Å²) < 4.78 is 7.62. The van der Waals surface area contributed by atoms with E-state index in [1.807, 2.05) is 0 Å². The van der Waals surface area contributed by atoms with Crippen LogP contribution in [0.5, 0.6) is 0 Å². The van der Waals surface area contributed by atoms with Crippen LogP contribution in [-0.4, -0.2) is 32.6 Å². The smallest absolute Gasteiger partial charge is 0.341 e. The molecule has 1 aromatic rings. The highest BCUT2D eigenvalue weighted by Crippen LogP contribution is 2.33. The first kappa shape index (κ1) is 14.9. The Balaban J connectivity index is 1.78. The van der Waals surface area contributed by atoms with Crippen LogP contribution >= 0.6 is 31.9 Å². The van der Waals surface area contributed by atoms with Gasteiger partial charge in [0.1, 0.15) is 18.2 Å². The lowest BCUT2D eigenvalue weighted by Crippen LogP contribution is -2.36. The summed E-state index contributed by atoms with van der Waals surface area (Å²) in [4.78, 5) is 28.3. The summed E-state index contributed by atoms with van der Waals surface area (Å²) in [5, 5.41) is 4.03. The zero-order valence-corrected chi connectivity index (χ0v) is 14.3. The van der Waals surface area contributed by atoms with E-state index >= 15 is 0 Å². The summed E-state index contributed by atoms with van der Waals surface area (Å²) in [7, 11) is 0. The molecule has 1 aromatic heterocycles. The third-order valence-corrected chi connectivity index (χ3v) is 4.73. The number of halogens is 2. The molecule has 2 unspecified atom stereocenters. The maximum absolute atomic E-state index is 12.3. The highest BCUT2D eigenvalue weighted by molar-refractivity contribution is 9.11. The minimum atomic E-state index is -0.515. The highest BCUT2D eigenvalue weighted by atomic mass is 79.9. The van der Waals surface area contributed by atoms with Gasteiger partial charge in [-0.05, 0) is 51.1 Å². The van der Waals surface area contributed by atoms with E-state index in [1.165, 1.54) is 4.68 Å². The number of carbonyl (C=O) groups excluding carboxylic acids is 2. The van der Waals surface area contributed by atoms with Crippen LogP contribution in [0.25, 0.3) is 0 Å². The Kier molecular flexibility index (Phi) is 4.26. The van der Waals surface area contributed by atoms with E-state index in [2.05, 4.69) is 41.9 Å². The second-order valence-corrected chi connectivity index (χ2v) is 6.62. The Labute approximate surface area is 138 Å². The molecule has 0 saturated heterocycles. The molecule has 1 fully saturated rings. The van der Waals surface area contributed by atoms with Crippen molar-refractivity contribution in [1.82, 2.24) is 14.8 Å². The van der Waals surface area contributed by atoms with Gasteiger partial charge in [0.05, 0.1) is 0 Å². The number of ether oxygens (including phenoxy) is 1. The molecule has 8 heteroatoms. The molecular weight excluding hydrogens is 406 g/mol. The average Bonchev–Trinajstić information content (AvgIpc) is 2.76. The van der Waals surface area contributed by atoms with Gasteiger partial charge >= 0.3 is 5.97 Å². The van der Waals surface area contributed by atoms with Crippen LogP contribution in [0.15, 0.2) is 21.1 Å². The average molecular weight is 419 g/mol. The molecule has 1 aliphatic carbocycles. The Morgan fingerprint density at radius 2 is 2.14 bits per heavy atom. The van der Waals surface area contributed by atoms with Crippen LogP contribution in [0.4, 0.5) is 0 Å². The van der Waals surface area contributed by atoms with Crippen molar-refractivity contribution < 1.29 is 14.3 Å². The zero-order valence-electron chi connectivity index (χ0n) is 11.1. The lowest BCUT2D eigenvalue weighted by molar-refractivity contribution is -0.150. The molecule has 2 atom stereocenters. The third kappa shape index (κ3) is 3.11. The van der Waals surface area contributed by atoms with E-state index in [-0.39, 0.29) is 29.9 Å². The number of carbonyl (C=O) groups is 2. The number of aromatic nitrogens is 3. The van der Waals surface area contributed by atoms with Crippen molar-refractivity contribution in [3.63, 3.8) is 0 Å². The number of fused-ring (bicyclic) bond motifs is 1. The van der Waals surface area contributed by atoms with E-state index in [0.29, 0.717) is 9.47 Å². The molecule has 112 valence electrons. The normalized spacial score (nSPS) is 25.0. The lowest BCUT2D eigenvalue weighted by Gasteiger charge is -2.33. The monoisotopic (exact) mass is 417 g/mol. The number of nitrogens with zero attached hydrogens (tertiary/aromatic N) is 3. The minimum absolute atomic E-state index is 0.0441. The first-order valence-electron chi connectivity index (χ1n) is 6.76. The van der Waals surface area contributed by atoms with Crippen LogP contribution in [0.2, 0.25) is 0 Å². The van der Waals surface area contributed by atoms with Gasteiger partial charge in [-0.1, -0.05) is 12.5 Å². The second-order valence-electron chi connectivity index (χ2n) is 5.20. The van der Waals surface area contributed by atoms with Crippen molar-refractivity contribution in [1.29, 1.82) is 0 Å². The van der Waals surface area contributed by atoms with Gasteiger partial charge in [0.25, 0.3) is 0 Å². The predicted molar refractivity (Wildman–Crippen MR) is 80.4 cm³/mol. The van der Waals surface area contributed by atoms with Crippen LogP contribution in [0, 0.1) is 5.92 Å². The molecule has 6 nitrogen and oxygen atoms in total. The van der Waals surface area contributed by atoms with Gasteiger partial charge in [0.15, 0.2) is 10.5 Å². The van der Waals surface area contributed by atoms with Crippen LogP contribution in [-0.2, 0) is 20.9 Å². The second kappa shape index (κ2) is 6.00. The Hall–Kier alpha value is -1.02. The molecule has 0 aromatic carbocycles. The molecule has 0 N–H and O–H groups in total.